The van der Waals surface area contributed by atoms with Crippen LogP contribution in [0.25, 0.3) is 10.9 Å². The van der Waals surface area contributed by atoms with Gasteiger partial charge in [0.1, 0.15) is 5.75 Å². The van der Waals surface area contributed by atoms with Gasteiger partial charge >= 0.3 is 0 Å². The van der Waals surface area contributed by atoms with Crippen LogP contribution in [0.5, 0.6) is 5.75 Å². The maximum Gasteiger partial charge on any atom is 0.256 e. The summed E-state index contributed by atoms with van der Waals surface area (Å²) in [7, 11) is 1.65. The van der Waals surface area contributed by atoms with E-state index < -0.39 is 0 Å². The predicted molar refractivity (Wildman–Crippen MR) is 83.9 cm³/mol. The van der Waals surface area contributed by atoms with Gasteiger partial charge in [0.15, 0.2) is 0 Å². The fraction of sp³-hybridized carbons (Fsp3) is 0.471. The van der Waals surface area contributed by atoms with Gasteiger partial charge in [0.25, 0.3) is 5.91 Å². The molecule has 0 spiro atoms. The van der Waals surface area contributed by atoms with E-state index in [0.717, 1.165) is 59.8 Å². The molecule has 0 atom stereocenters. The molecule has 0 bridgehead atoms. The average molecular weight is 286 g/mol. The van der Waals surface area contributed by atoms with Crippen LogP contribution in [0.2, 0.25) is 0 Å². The number of fused-ring (bicyclic) bond motifs is 1. The molecule has 2 aromatic rings. The molecule has 1 aromatic carbocycles. The number of amides is 1. The zero-order chi connectivity index (χ0) is 15.0. The largest absolute Gasteiger partial charge is 0.497 e. The molecule has 0 saturated carbocycles. The van der Waals surface area contributed by atoms with Crippen molar-refractivity contribution in [2.45, 2.75) is 26.7 Å². The number of methoxy groups -OCH3 is 1. The van der Waals surface area contributed by atoms with Crippen molar-refractivity contribution in [2.24, 2.45) is 5.92 Å². The molecule has 4 nitrogen and oxygen atoms in total. The minimum atomic E-state index is 0.149. The maximum absolute atomic E-state index is 12.8. The summed E-state index contributed by atoms with van der Waals surface area (Å²) in [5.41, 5.74) is 2.70. The lowest BCUT2D eigenvalue weighted by Gasteiger charge is -2.30. The van der Waals surface area contributed by atoms with Crippen LogP contribution in [-0.2, 0) is 0 Å². The number of ether oxygens (including phenoxy) is 1. The van der Waals surface area contributed by atoms with Crippen molar-refractivity contribution >= 4 is 16.8 Å². The summed E-state index contributed by atoms with van der Waals surface area (Å²) in [6, 6.07) is 5.82. The number of nitrogens with one attached hydrogen (secondary N) is 1. The molecule has 0 aliphatic carbocycles. The van der Waals surface area contributed by atoms with Gasteiger partial charge in [0.2, 0.25) is 0 Å². The van der Waals surface area contributed by atoms with Gasteiger partial charge in [0, 0.05) is 30.2 Å². The molecule has 4 heteroatoms. The van der Waals surface area contributed by atoms with Crippen molar-refractivity contribution < 1.29 is 9.53 Å². The number of hydrogen-bond donors (Lipinski definition) is 1. The van der Waals surface area contributed by atoms with E-state index in [2.05, 4.69) is 11.9 Å². The molecular formula is C17H22N2O2. The quantitative estimate of drug-likeness (QED) is 0.920. The van der Waals surface area contributed by atoms with Crippen LogP contribution in [0, 0.1) is 12.8 Å². The highest BCUT2D eigenvalue weighted by Gasteiger charge is 2.25. The van der Waals surface area contributed by atoms with Gasteiger partial charge in [-0.15, -0.1) is 0 Å². The third-order valence-corrected chi connectivity index (χ3v) is 4.48. The number of rotatable bonds is 2. The first-order valence-electron chi connectivity index (χ1n) is 7.55. The Hall–Kier alpha value is -1.97. The predicted octanol–water partition coefficient (Wildman–Crippen LogP) is 3.36. The fourth-order valence-corrected chi connectivity index (χ4v) is 3.08. The van der Waals surface area contributed by atoms with Crippen molar-refractivity contribution in [1.82, 2.24) is 9.88 Å². The molecule has 1 N–H and O–H groups in total. The highest BCUT2D eigenvalue weighted by Crippen LogP contribution is 2.28. The summed E-state index contributed by atoms with van der Waals surface area (Å²) >= 11 is 0. The second-order valence-corrected chi connectivity index (χ2v) is 6.01. The second-order valence-electron chi connectivity index (χ2n) is 6.01. The summed E-state index contributed by atoms with van der Waals surface area (Å²) in [5.74, 6) is 1.67. The first kappa shape index (κ1) is 14.0. The zero-order valence-electron chi connectivity index (χ0n) is 12.9. The first-order chi connectivity index (χ1) is 10.1. The summed E-state index contributed by atoms with van der Waals surface area (Å²) < 4.78 is 5.24. The molecule has 2 heterocycles. The number of carbonyl (C=O) groups is 1. The number of aromatic nitrogens is 1. The molecule has 1 saturated heterocycles. The van der Waals surface area contributed by atoms with Gasteiger partial charge < -0.3 is 14.6 Å². The van der Waals surface area contributed by atoms with E-state index in [4.69, 9.17) is 4.74 Å². The third kappa shape index (κ3) is 2.50. The van der Waals surface area contributed by atoms with Gasteiger partial charge in [-0.25, -0.2) is 0 Å². The maximum atomic E-state index is 12.8. The van der Waals surface area contributed by atoms with E-state index in [0.29, 0.717) is 0 Å². The summed E-state index contributed by atoms with van der Waals surface area (Å²) in [4.78, 5) is 18.1. The van der Waals surface area contributed by atoms with E-state index in [-0.39, 0.29) is 5.91 Å². The molecule has 3 rings (SSSR count). The van der Waals surface area contributed by atoms with E-state index in [9.17, 15) is 4.79 Å². The van der Waals surface area contributed by atoms with Crippen LogP contribution < -0.4 is 4.74 Å². The normalized spacial score (nSPS) is 16.4. The highest BCUT2D eigenvalue weighted by atomic mass is 16.5. The Kier molecular flexibility index (Phi) is 3.62. The average Bonchev–Trinajstić information content (AvgIpc) is 2.82. The lowest BCUT2D eigenvalue weighted by Crippen LogP contribution is -2.38. The second kappa shape index (κ2) is 5.43. The molecule has 112 valence electrons. The summed E-state index contributed by atoms with van der Waals surface area (Å²) in [6.07, 6.45) is 2.20. The molecule has 1 amide bonds. The van der Waals surface area contributed by atoms with E-state index in [1.807, 2.05) is 30.0 Å². The lowest BCUT2D eigenvalue weighted by atomic mass is 9.98. The molecule has 0 radical (unpaired) electrons. The Balaban J connectivity index is 1.96. The number of likely N-dealkylation sites (tertiary alicyclic amines) is 1. The number of piperidine rings is 1. The molecule has 1 aromatic heterocycles. The molecule has 1 aliphatic heterocycles. The number of nitrogens with zero attached hydrogens (tertiary/aromatic N) is 1. The third-order valence-electron chi connectivity index (χ3n) is 4.48. The summed E-state index contributed by atoms with van der Waals surface area (Å²) in [5, 5.41) is 0.983. The molecule has 1 aliphatic rings. The molecular weight excluding hydrogens is 264 g/mol. The Morgan fingerprint density at radius 2 is 2.05 bits per heavy atom. The van der Waals surface area contributed by atoms with Gasteiger partial charge in [0.05, 0.1) is 18.2 Å². The van der Waals surface area contributed by atoms with Crippen molar-refractivity contribution in [3.63, 3.8) is 0 Å². The number of aryl methyl sites for hydroxylation is 1. The van der Waals surface area contributed by atoms with Crippen molar-refractivity contribution in [1.29, 1.82) is 0 Å². The minimum absolute atomic E-state index is 0.149. The van der Waals surface area contributed by atoms with Gasteiger partial charge in [-0.2, -0.15) is 0 Å². The summed E-state index contributed by atoms with van der Waals surface area (Å²) in [6.45, 7) is 5.95. The highest BCUT2D eigenvalue weighted by molar-refractivity contribution is 6.08. The van der Waals surface area contributed by atoms with Crippen LogP contribution in [0.1, 0.15) is 35.8 Å². The fourth-order valence-electron chi connectivity index (χ4n) is 3.08. The van der Waals surface area contributed by atoms with Crippen LogP contribution in [0.15, 0.2) is 18.2 Å². The van der Waals surface area contributed by atoms with E-state index in [1.54, 1.807) is 7.11 Å². The SMILES string of the molecule is COc1ccc2c(C(=O)N3CCC(C)CC3)c(C)[nH]c2c1. The minimum Gasteiger partial charge on any atom is -0.497 e. The van der Waals surface area contributed by atoms with Gasteiger partial charge in [-0.05, 0) is 37.8 Å². The van der Waals surface area contributed by atoms with Crippen LogP contribution in [0.3, 0.4) is 0 Å². The van der Waals surface area contributed by atoms with Crippen molar-refractivity contribution in [3.05, 3.63) is 29.5 Å². The van der Waals surface area contributed by atoms with E-state index >= 15 is 0 Å². The Labute approximate surface area is 125 Å². The first-order valence-corrected chi connectivity index (χ1v) is 7.55. The zero-order valence-corrected chi connectivity index (χ0v) is 12.9. The van der Waals surface area contributed by atoms with Crippen LogP contribution in [-0.4, -0.2) is 36.0 Å². The number of H-pyrrole nitrogens is 1. The Morgan fingerprint density at radius 3 is 2.71 bits per heavy atom. The topological polar surface area (TPSA) is 45.3 Å². The van der Waals surface area contributed by atoms with Crippen LogP contribution >= 0.6 is 0 Å². The van der Waals surface area contributed by atoms with Crippen molar-refractivity contribution in [2.75, 3.05) is 20.2 Å². The lowest BCUT2D eigenvalue weighted by molar-refractivity contribution is 0.0698. The van der Waals surface area contributed by atoms with Crippen LogP contribution in [0.4, 0.5) is 0 Å². The van der Waals surface area contributed by atoms with Gasteiger partial charge in [-0.3, -0.25) is 4.79 Å². The Morgan fingerprint density at radius 1 is 1.33 bits per heavy atom. The smallest absolute Gasteiger partial charge is 0.256 e. The number of benzene rings is 1. The molecule has 0 unspecified atom stereocenters. The molecule has 1 fully saturated rings. The van der Waals surface area contributed by atoms with Crippen molar-refractivity contribution in [3.8, 4) is 5.75 Å². The number of carbonyl (C=O) groups excluding carboxylic acids is 1. The monoisotopic (exact) mass is 286 g/mol. The number of aromatic amines is 1. The Bertz CT molecular complexity index is 667. The van der Waals surface area contributed by atoms with Gasteiger partial charge in [-0.1, -0.05) is 6.92 Å². The van der Waals surface area contributed by atoms with E-state index in [1.165, 1.54) is 0 Å². The molecule has 21 heavy (non-hydrogen) atoms. The number of hydrogen-bond acceptors (Lipinski definition) is 2. The standard InChI is InChI=1S/C17H22N2O2/c1-11-6-8-19(9-7-11)17(20)16-12(2)18-15-10-13(21-3)4-5-14(15)16/h4-5,10-11,18H,6-9H2,1-3H3.